The Bertz CT molecular complexity index is 1450. The molecule has 1 amide bonds. The number of benzene rings is 2. The highest BCUT2D eigenvalue weighted by molar-refractivity contribution is 5.98. The highest BCUT2D eigenvalue weighted by Gasteiger charge is 2.24. The van der Waals surface area contributed by atoms with Gasteiger partial charge in [0.15, 0.2) is 17.1 Å². The third-order valence-corrected chi connectivity index (χ3v) is 7.29. The number of aryl methyl sites for hydroxylation is 1. The summed E-state index contributed by atoms with van der Waals surface area (Å²) in [7, 11) is 4.72. The largest absolute Gasteiger partial charge is 0.493 e. The lowest BCUT2D eigenvalue weighted by Crippen LogP contribution is -2.49. The molecule has 2 atom stereocenters. The molecule has 0 spiro atoms. The summed E-state index contributed by atoms with van der Waals surface area (Å²) in [6, 6.07) is 13.2. The van der Waals surface area contributed by atoms with Crippen molar-refractivity contribution in [3.05, 3.63) is 59.8 Å². The lowest BCUT2D eigenvalue weighted by Gasteiger charge is -2.29. The predicted octanol–water partition coefficient (Wildman–Crippen LogP) is 5.50. The van der Waals surface area contributed by atoms with Gasteiger partial charge in [-0.2, -0.15) is 0 Å². The number of furan rings is 1. The van der Waals surface area contributed by atoms with Crippen molar-refractivity contribution in [1.82, 2.24) is 10.3 Å². The first-order valence-corrected chi connectivity index (χ1v) is 12.8. The van der Waals surface area contributed by atoms with Crippen molar-refractivity contribution >= 4 is 17.0 Å². The summed E-state index contributed by atoms with van der Waals surface area (Å²) in [4.78, 5) is 17.7. The number of nitrogens with one attached hydrogen (secondary N) is 1. The second kappa shape index (κ2) is 10.8. The fourth-order valence-electron chi connectivity index (χ4n) is 5.16. The number of nitrogens with zero attached hydrogens (tertiary/aromatic N) is 1. The van der Waals surface area contributed by atoms with Gasteiger partial charge in [0.05, 0.1) is 21.3 Å². The van der Waals surface area contributed by atoms with Crippen LogP contribution in [0.2, 0.25) is 0 Å². The molecule has 2 aromatic heterocycles. The molecule has 1 saturated carbocycles. The van der Waals surface area contributed by atoms with Crippen LogP contribution in [-0.4, -0.2) is 44.3 Å². The van der Waals surface area contributed by atoms with E-state index in [0.29, 0.717) is 39.7 Å². The maximum Gasteiger partial charge on any atom is 0.251 e. The molecule has 1 aliphatic rings. The zero-order valence-electron chi connectivity index (χ0n) is 22.2. The first-order valence-electron chi connectivity index (χ1n) is 12.8. The zero-order valence-corrected chi connectivity index (χ0v) is 22.2. The second-order valence-electron chi connectivity index (χ2n) is 9.66. The molecule has 2 heterocycles. The molecule has 3 N–H and O–H groups in total. The van der Waals surface area contributed by atoms with Gasteiger partial charge in [-0.05, 0) is 61.2 Å². The smallest absolute Gasteiger partial charge is 0.251 e. The van der Waals surface area contributed by atoms with E-state index in [1.54, 1.807) is 27.5 Å². The fourth-order valence-corrected chi connectivity index (χ4v) is 5.16. The van der Waals surface area contributed by atoms with Crippen LogP contribution in [0.5, 0.6) is 17.2 Å². The van der Waals surface area contributed by atoms with Gasteiger partial charge in [0.25, 0.3) is 5.91 Å². The summed E-state index contributed by atoms with van der Waals surface area (Å²) in [6.07, 6.45) is 5.79. The van der Waals surface area contributed by atoms with E-state index in [2.05, 4.69) is 10.3 Å². The van der Waals surface area contributed by atoms with Gasteiger partial charge in [0.1, 0.15) is 11.3 Å². The minimum Gasteiger partial charge on any atom is -0.493 e. The Balaban J connectivity index is 1.53. The molecule has 4 aromatic rings. The van der Waals surface area contributed by atoms with Crippen LogP contribution in [-0.2, 0) is 0 Å². The van der Waals surface area contributed by atoms with Gasteiger partial charge >= 0.3 is 0 Å². The summed E-state index contributed by atoms with van der Waals surface area (Å²) in [5.74, 6) is 2.06. The molecule has 0 unspecified atom stereocenters. The Morgan fingerprint density at radius 2 is 1.71 bits per heavy atom. The second-order valence-corrected chi connectivity index (χ2v) is 9.66. The van der Waals surface area contributed by atoms with E-state index in [0.717, 1.165) is 47.9 Å². The van der Waals surface area contributed by atoms with Crippen LogP contribution in [0.1, 0.15) is 41.6 Å². The average molecular weight is 516 g/mol. The van der Waals surface area contributed by atoms with E-state index in [4.69, 9.17) is 24.4 Å². The van der Waals surface area contributed by atoms with Crippen molar-refractivity contribution in [2.45, 2.75) is 44.7 Å². The molecular weight excluding hydrogens is 482 g/mol. The van der Waals surface area contributed by atoms with E-state index >= 15 is 0 Å². The minimum atomic E-state index is -0.114. The number of hydrogen-bond donors (Lipinski definition) is 2. The Morgan fingerprint density at radius 3 is 2.39 bits per heavy atom. The highest BCUT2D eigenvalue weighted by atomic mass is 16.5. The van der Waals surface area contributed by atoms with Crippen molar-refractivity contribution in [2.75, 3.05) is 21.3 Å². The number of pyridine rings is 1. The van der Waals surface area contributed by atoms with Crippen LogP contribution in [0, 0.1) is 6.92 Å². The summed E-state index contributed by atoms with van der Waals surface area (Å²) in [5, 5.41) is 3.14. The number of carbonyl (C=O) groups excluding carboxylic acids is 1. The highest BCUT2D eigenvalue weighted by Crippen LogP contribution is 2.43. The fraction of sp³-hybridized carbons (Fsp3) is 0.333. The van der Waals surface area contributed by atoms with E-state index in [1.165, 1.54) is 0 Å². The maximum atomic E-state index is 13.1. The quantitative estimate of drug-likeness (QED) is 0.335. The van der Waals surface area contributed by atoms with Crippen molar-refractivity contribution in [1.29, 1.82) is 0 Å². The van der Waals surface area contributed by atoms with Crippen LogP contribution in [0.3, 0.4) is 0 Å². The van der Waals surface area contributed by atoms with Crippen LogP contribution < -0.4 is 25.3 Å². The van der Waals surface area contributed by atoms with Crippen LogP contribution >= 0.6 is 0 Å². The van der Waals surface area contributed by atoms with Crippen molar-refractivity contribution in [3.8, 4) is 39.7 Å². The van der Waals surface area contributed by atoms with Gasteiger partial charge in [-0.1, -0.05) is 18.9 Å². The number of fused-ring (bicyclic) bond motifs is 1. The first kappa shape index (κ1) is 25.6. The van der Waals surface area contributed by atoms with E-state index < -0.39 is 0 Å². The molecule has 0 saturated heterocycles. The molecule has 198 valence electrons. The molecule has 8 nitrogen and oxygen atoms in total. The lowest BCUT2D eigenvalue weighted by atomic mass is 9.90. The number of nitrogens with two attached hydrogens (primary N) is 1. The number of carbonyl (C=O) groups is 1. The Hall–Kier alpha value is -4.04. The summed E-state index contributed by atoms with van der Waals surface area (Å²) >= 11 is 0. The number of amides is 1. The molecule has 2 aromatic carbocycles. The first-order chi connectivity index (χ1) is 18.4. The topological polar surface area (TPSA) is 109 Å². The monoisotopic (exact) mass is 515 g/mol. The van der Waals surface area contributed by atoms with E-state index in [1.807, 2.05) is 49.4 Å². The minimum absolute atomic E-state index is 0.000235. The van der Waals surface area contributed by atoms with Crippen LogP contribution in [0.15, 0.2) is 53.1 Å². The molecule has 1 aliphatic carbocycles. The van der Waals surface area contributed by atoms with Gasteiger partial charge in [-0.15, -0.1) is 0 Å². The van der Waals surface area contributed by atoms with Gasteiger partial charge in [0, 0.05) is 41.0 Å². The van der Waals surface area contributed by atoms with Gasteiger partial charge in [-0.3, -0.25) is 9.78 Å². The Kier molecular flexibility index (Phi) is 7.24. The molecule has 0 radical (unpaired) electrons. The van der Waals surface area contributed by atoms with Crippen LogP contribution in [0.4, 0.5) is 0 Å². The molecule has 5 rings (SSSR count). The number of methoxy groups -OCH3 is 3. The lowest BCUT2D eigenvalue weighted by molar-refractivity contribution is 0.0921. The van der Waals surface area contributed by atoms with Gasteiger partial charge < -0.3 is 29.7 Å². The summed E-state index contributed by atoms with van der Waals surface area (Å²) < 4.78 is 22.8. The maximum absolute atomic E-state index is 13.1. The van der Waals surface area contributed by atoms with Crippen molar-refractivity contribution < 1.29 is 23.4 Å². The SMILES string of the molecule is COc1cc(-c2cc3nccc(-c4cc(C(=O)N[C@@H]5CCCC[C@@H]5N)ccc4C)c3o2)cc(OC)c1OC. The van der Waals surface area contributed by atoms with Gasteiger partial charge in [0.2, 0.25) is 5.75 Å². The molecule has 1 fully saturated rings. The normalized spacial score (nSPS) is 17.3. The predicted molar refractivity (Wildman–Crippen MR) is 147 cm³/mol. The third-order valence-electron chi connectivity index (χ3n) is 7.29. The number of ether oxygens (including phenoxy) is 3. The summed E-state index contributed by atoms with van der Waals surface area (Å²) in [6.45, 7) is 2.02. The van der Waals surface area contributed by atoms with Crippen molar-refractivity contribution in [3.63, 3.8) is 0 Å². The molecule has 0 bridgehead atoms. The van der Waals surface area contributed by atoms with E-state index in [-0.39, 0.29) is 18.0 Å². The number of hydrogen-bond acceptors (Lipinski definition) is 7. The molecular formula is C30H33N3O5. The molecule has 38 heavy (non-hydrogen) atoms. The average Bonchev–Trinajstić information content (AvgIpc) is 3.38. The molecule has 0 aliphatic heterocycles. The Labute approximate surface area is 222 Å². The Morgan fingerprint density at radius 1 is 0.974 bits per heavy atom. The number of aromatic nitrogens is 1. The van der Waals surface area contributed by atoms with Crippen LogP contribution in [0.25, 0.3) is 33.6 Å². The zero-order chi connectivity index (χ0) is 26.8. The van der Waals surface area contributed by atoms with E-state index in [9.17, 15) is 4.79 Å². The standard InChI is InChI=1S/C30H33N3O5/c1-17-9-10-18(30(34)33-23-8-6-5-7-22(23)31)13-21(17)20-11-12-32-24-16-25(38-28(20)24)19-14-26(35-2)29(37-4)27(15-19)36-3/h9-16,22-23H,5-8,31H2,1-4H3,(H,33,34)/t22-,23+/m0/s1. The third kappa shape index (κ3) is 4.79. The molecule has 8 heteroatoms. The number of rotatable bonds is 7. The van der Waals surface area contributed by atoms with Gasteiger partial charge in [-0.25, -0.2) is 0 Å². The summed E-state index contributed by atoms with van der Waals surface area (Å²) in [5.41, 5.74) is 11.7. The van der Waals surface area contributed by atoms with Crippen molar-refractivity contribution in [2.24, 2.45) is 5.73 Å².